The highest BCUT2D eigenvalue weighted by molar-refractivity contribution is 5.57. The molecular formula is C13H19N3O2. The first kappa shape index (κ1) is 12.8. The highest BCUT2D eigenvalue weighted by Gasteiger charge is 2.20. The van der Waals surface area contributed by atoms with Crippen LogP contribution in [0.5, 0.6) is 0 Å². The van der Waals surface area contributed by atoms with Crippen LogP contribution in [0.2, 0.25) is 0 Å². The smallest absolute Gasteiger partial charge is 0.269 e. The SMILES string of the molecule is Cc1cc([N+](=O)[O-])ccc1N1CCCC(CN)C1. The van der Waals surface area contributed by atoms with Crippen molar-refractivity contribution < 1.29 is 4.92 Å². The van der Waals surface area contributed by atoms with E-state index in [-0.39, 0.29) is 10.6 Å². The number of nitro benzene ring substituents is 1. The number of rotatable bonds is 3. The Morgan fingerprint density at radius 3 is 2.94 bits per heavy atom. The maximum Gasteiger partial charge on any atom is 0.269 e. The molecule has 0 spiro atoms. The fourth-order valence-electron chi connectivity index (χ4n) is 2.58. The largest absolute Gasteiger partial charge is 0.371 e. The summed E-state index contributed by atoms with van der Waals surface area (Å²) in [6.07, 6.45) is 2.32. The molecule has 1 saturated heterocycles. The summed E-state index contributed by atoms with van der Waals surface area (Å²) in [7, 11) is 0. The van der Waals surface area contributed by atoms with Crippen molar-refractivity contribution in [3.05, 3.63) is 33.9 Å². The van der Waals surface area contributed by atoms with E-state index in [1.165, 1.54) is 6.42 Å². The zero-order chi connectivity index (χ0) is 13.1. The zero-order valence-corrected chi connectivity index (χ0v) is 10.6. The summed E-state index contributed by atoms with van der Waals surface area (Å²) in [5.74, 6) is 0.536. The van der Waals surface area contributed by atoms with E-state index in [1.54, 1.807) is 12.1 Å². The van der Waals surface area contributed by atoms with E-state index in [4.69, 9.17) is 5.73 Å². The van der Waals surface area contributed by atoms with E-state index in [0.717, 1.165) is 30.8 Å². The van der Waals surface area contributed by atoms with Crippen LogP contribution in [0.4, 0.5) is 11.4 Å². The minimum Gasteiger partial charge on any atom is -0.371 e. The lowest BCUT2D eigenvalue weighted by molar-refractivity contribution is -0.384. The Balaban J connectivity index is 2.20. The van der Waals surface area contributed by atoms with Crippen molar-refractivity contribution in [3.8, 4) is 0 Å². The van der Waals surface area contributed by atoms with Crippen molar-refractivity contribution in [2.45, 2.75) is 19.8 Å². The van der Waals surface area contributed by atoms with E-state index < -0.39 is 0 Å². The number of nitrogens with two attached hydrogens (primary N) is 1. The molecule has 5 nitrogen and oxygen atoms in total. The third-order valence-corrected chi connectivity index (χ3v) is 3.58. The van der Waals surface area contributed by atoms with Gasteiger partial charge in [-0.2, -0.15) is 0 Å². The number of hydrogen-bond donors (Lipinski definition) is 1. The minimum atomic E-state index is -0.352. The lowest BCUT2D eigenvalue weighted by Crippen LogP contribution is -2.38. The second kappa shape index (κ2) is 5.35. The molecule has 1 fully saturated rings. The maximum absolute atomic E-state index is 10.7. The summed E-state index contributed by atoms with van der Waals surface area (Å²) < 4.78 is 0. The van der Waals surface area contributed by atoms with Crippen LogP contribution in [0.15, 0.2) is 18.2 Å². The van der Waals surface area contributed by atoms with Crippen molar-refractivity contribution in [1.82, 2.24) is 0 Å². The number of hydrogen-bond acceptors (Lipinski definition) is 4. The standard InChI is InChI=1S/C13H19N3O2/c1-10-7-12(16(17)18)4-5-13(10)15-6-2-3-11(8-14)9-15/h4-5,7,11H,2-3,6,8-9,14H2,1H3. The number of aryl methyl sites for hydroxylation is 1. The molecule has 1 heterocycles. The molecule has 0 amide bonds. The van der Waals surface area contributed by atoms with E-state index >= 15 is 0 Å². The fourth-order valence-corrected chi connectivity index (χ4v) is 2.58. The molecule has 1 aliphatic heterocycles. The number of anilines is 1. The molecule has 2 N–H and O–H groups in total. The number of non-ortho nitro benzene ring substituents is 1. The molecule has 5 heteroatoms. The summed E-state index contributed by atoms with van der Waals surface area (Å²) in [5.41, 5.74) is 7.94. The third kappa shape index (κ3) is 2.61. The Morgan fingerprint density at radius 1 is 1.56 bits per heavy atom. The molecular weight excluding hydrogens is 230 g/mol. The lowest BCUT2D eigenvalue weighted by atomic mass is 9.97. The first-order valence-electron chi connectivity index (χ1n) is 6.32. The second-order valence-corrected chi connectivity index (χ2v) is 4.92. The Hall–Kier alpha value is -1.62. The molecule has 1 aliphatic rings. The average molecular weight is 249 g/mol. The van der Waals surface area contributed by atoms with Gasteiger partial charge in [-0.25, -0.2) is 0 Å². The van der Waals surface area contributed by atoms with Gasteiger partial charge in [0.1, 0.15) is 0 Å². The summed E-state index contributed by atoms with van der Waals surface area (Å²) in [6.45, 7) is 4.60. The summed E-state index contributed by atoms with van der Waals surface area (Å²) in [4.78, 5) is 12.7. The van der Waals surface area contributed by atoms with Gasteiger partial charge in [0.25, 0.3) is 5.69 Å². The van der Waals surface area contributed by atoms with E-state index in [9.17, 15) is 10.1 Å². The molecule has 0 bridgehead atoms. The molecule has 0 saturated carbocycles. The molecule has 0 aliphatic carbocycles. The summed E-state index contributed by atoms with van der Waals surface area (Å²) in [6, 6.07) is 5.07. The Morgan fingerprint density at radius 2 is 2.33 bits per heavy atom. The fraction of sp³-hybridized carbons (Fsp3) is 0.538. The highest BCUT2D eigenvalue weighted by Crippen LogP contribution is 2.28. The van der Waals surface area contributed by atoms with Crippen molar-refractivity contribution in [2.75, 3.05) is 24.5 Å². The quantitative estimate of drug-likeness (QED) is 0.657. The summed E-state index contributed by atoms with van der Waals surface area (Å²) in [5, 5.41) is 10.7. The van der Waals surface area contributed by atoms with Crippen LogP contribution in [-0.2, 0) is 0 Å². The van der Waals surface area contributed by atoms with Crippen molar-refractivity contribution in [3.63, 3.8) is 0 Å². The predicted molar refractivity (Wildman–Crippen MR) is 71.8 cm³/mol. The number of nitrogens with zero attached hydrogens (tertiary/aromatic N) is 2. The van der Waals surface area contributed by atoms with Crippen LogP contribution < -0.4 is 10.6 Å². The molecule has 1 aromatic carbocycles. The Labute approximate surface area is 107 Å². The van der Waals surface area contributed by atoms with Crippen LogP contribution >= 0.6 is 0 Å². The summed E-state index contributed by atoms with van der Waals surface area (Å²) >= 11 is 0. The van der Waals surface area contributed by atoms with Crippen LogP contribution in [0, 0.1) is 23.0 Å². The Bertz CT molecular complexity index is 448. The van der Waals surface area contributed by atoms with Crippen LogP contribution in [0.3, 0.4) is 0 Å². The average Bonchev–Trinajstić information content (AvgIpc) is 2.38. The lowest BCUT2D eigenvalue weighted by Gasteiger charge is -2.34. The van der Waals surface area contributed by atoms with E-state index in [1.807, 2.05) is 13.0 Å². The first-order valence-corrected chi connectivity index (χ1v) is 6.32. The molecule has 2 rings (SSSR count). The van der Waals surface area contributed by atoms with Crippen molar-refractivity contribution in [1.29, 1.82) is 0 Å². The third-order valence-electron chi connectivity index (χ3n) is 3.58. The van der Waals surface area contributed by atoms with Gasteiger partial charge in [-0.05, 0) is 43.9 Å². The van der Waals surface area contributed by atoms with Gasteiger partial charge in [-0.3, -0.25) is 10.1 Å². The molecule has 0 aromatic heterocycles. The van der Waals surface area contributed by atoms with Gasteiger partial charge < -0.3 is 10.6 Å². The number of piperidine rings is 1. The van der Waals surface area contributed by atoms with Gasteiger partial charge in [-0.1, -0.05) is 0 Å². The molecule has 98 valence electrons. The predicted octanol–water partition coefficient (Wildman–Crippen LogP) is 2.08. The number of benzene rings is 1. The zero-order valence-electron chi connectivity index (χ0n) is 10.6. The molecule has 1 unspecified atom stereocenters. The van der Waals surface area contributed by atoms with Crippen molar-refractivity contribution in [2.24, 2.45) is 11.7 Å². The maximum atomic E-state index is 10.7. The Kier molecular flexibility index (Phi) is 3.81. The molecule has 18 heavy (non-hydrogen) atoms. The van der Waals surface area contributed by atoms with Crippen LogP contribution in [0.25, 0.3) is 0 Å². The topological polar surface area (TPSA) is 72.4 Å². The normalized spacial score (nSPS) is 19.9. The van der Waals surface area contributed by atoms with E-state index in [2.05, 4.69) is 4.90 Å². The number of nitro groups is 1. The molecule has 1 aromatic rings. The van der Waals surface area contributed by atoms with Gasteiger partial charge in [0.05, 0.1) is 4.92 Å². The minimum absolute atomic E-state index is 0.156. The molecule has 1 atom stereocenters. The van der Waals surface area contributed by atoms with Gasteiger partial charge >= 0.3 is 0 Å². The van der Waals surface area contributed by atoms with Gasteiger partial charge in [-0.15, -0.1) is 0 Å². The monoisotopic (exact) mass is 249 g/mol. The highest BCUT2D eigenvalue weighted by atomic mass is 16.6. The van der Waals surface area contributed by atoms with Gasteiger partial charge in [0.2, 0.25) is 0 Å². The molecule has 0 radical (unpaired) electrons. The van der Waals surface area contributed by atoms with E-state index in [0.29, 0.717) is 12.5 Å². The second-order valence-electron chi connectivity index (χ2n) is 4.92. The van der Waals surface area contributed by atoms with Crippen LogP contribution in [0.1, 0.15) is 18.4 Å². The van der Waals surface area contributed by atoms with Gasteiger partial charge in [0.15, 0.2) is 0 Å². The van der Waals surface area contributed by atoms with Gasteiger partial charge in [0, 0.05) is 30.9 Å². The first-order chi connectivity index (χ1) is 8.61. The van der Waals surface area contributed by atoms with Crippen molar-refractivity contribution >= 4 is 11.4 Å². The van der Waals surface area contributed by atoms with Crippen LogP contribution in [-0.4, -0.2) is 24.6 Å².